The number of rotatable bonds is 6. The average Bonchev–Trinajstić information content (AvgIpc) is 2.31. The zero-order valence-electron chi connectivity index (χ0n) is 11.1. The molecule has 1 rings (SSSR count). The predicted octanol–water partition coefficient (Wildman–Crippen LogP) is 3.02. The van der Waals surface area contributed by atoms with Gasteiger partial charge in [0.2, 0.25) is 0 Å². The van der Waals surface area contributed by atoms with Gasteiger partial charge in [0, 0.05) is 12.3 Å². The van der Waals surface area contributed by atoms with Crippen LogP contribution in [0.1, 0.15) is 52.9 Å². The molecule has 0 bridgehead atoms. The normalized spacial score (nSPS) is 23.4. The van der Waals surface area contributed by atoms with Gasteiger partial charge in [0.15, 0.2) is 0 Å². The Kier molecular flexibility index (Phi) is 6.04. The second-order valence-electron chi connectivity index (χ2n) is 5.27. The van der Waals surface area contributed by atoms with Crippen LogP contribution >= 0.6 is 0 Å². The number of nitrogens with one attached hydrogen (secondary N) is 1. The van der Waals surface area contributed by atoms with Crippen molar-refractivity contribution in [3.8, 4) is 0 Å². The second kappa shape index (κ2) is 7.05. The molecule has 2 nitrogen and oxygen atoms in total. The largest absolute Gasteiger partial charge is 0.316 e. The van der Waals surface area contributed by atoms with Crippen molar-refractivity contribution in [1.29, 1.82) is 0 Å². The monoisotopic (exact) mass is 225 g/mol. The molecule has 0 aromatic heterocycles. The molecule has 0 spiro atoms. The van der Waals surface area contributed by atoms with Crippen molar-refractivity contribution in [3.63, 3.8) is 0 Å². The maximum absolute atomic E-state index is 12.0. The van der Waals surface area contributed by atoms with Crippen LogP contribution in [0.4, 0.5) is 0 Å². The molecule has 1 aliphatic heterocycles. The minimum Gasteiger partial charge on any atom is -0.316 e. The van der Waals surface area contributed by atoms with Crippen molar-refractivity contribution in [2.24, 2.45) is 17.8 Å². The molecule has 0 radical (unpaired) electrons. The highest BCUT2D eigenvalue weighted by atomic mass is 16.1. The van der Waals surface area contributed by atoms with E-state index in [0.717, 1.165) is 32.4 Å². The summed E-state index contributed by atoms with van der Waals surface area (Å²) in [5.41, 5.74) is 0. The third kappa shape index (κ3) is 3.89. The highest BCUT2D eigenvalue weighted by Gasteiger charge is 2.24. The number of Topliss-reactive ketones (excluding diaryl/α,β-unsaturated/α-hetero) is 1. The molecule has 2 atom stereocenters. The predicted molar refractivity (Wildman–Crippen MR) is 68.5 cm³/mol. The molecule has 1 saturated heterocycles. The van der Waals surface area contributed by atoms with Crippen LogP contribution in [-0.2, 0) is 4.79 Å². The molecule has 1 N–H and O–H groups in total. The minimum atomic E-state index is 0.305. The Labute approximate surface area is 100 Å². The van der Waals surface area contributed by atoms with Gasteiger partial charge < -0.3 is 5.32 Å². The van der Waals surface area contributed by atoms with Crippen LogP contribution in [0.25, 0.3) is 0 Å². The van der Waals surface area contributed by atoms with E-state index in [1.807, 2.05) is 0 Å². The molecule has 2 unspecified atom stereocenters. The van der Waals surface area contributed by atoms with E-state index in [1.54, 1.807) is 0 Å². The fourth-order valence-electron chi connectivity index (χ4n) is 2.76. The topological polar surface area (TPSA) is 29.1 Å². The molecule has 16 heavy (non-hydrogen) atoms. The van der Waals surface area contributed by atoms with Gasteiger partial charge in [-0.05, 0) is 50.6 Å². The zero-order valence-corrected chi connectivity index (χ0v) is 11.1. The average molecular weight is 225 g/mol. The lowest BCUT2D eigenvalue weighted by Gasteiger charge is -2.28. The van der Waals surface area contributed by atoms with E-state index in [1.165, 1.54) is 12.8 Å². The van der Waals surface area contributed by atoms with Crippen molar-refractivity contribution in [2.45, 2.75) is 52.9 Å². The summed E-state index contributed by atoms with van der Waals surface area (Å²) in [5.74, 6) is 2.06. The van der Waals surface area contributed by atoms with Crippen LogP contribution in [0.15, 0.2) is 0 Å². The number of carbonyl (C=O) groups excluding carboxylic acids is 1. The van der Waals surface area contributed by atoms with Gasteiger partial charge in [0.05, 0.1) is 0 Å². The summed E-state index contributed by atoms with van der Waals surface area (Å²) >= 11 is 0. The van der Waals surface area contributed by atoms with Crippen LogP contribution in [0.3, 0.4) is 0 Å². The van der Waals surface area contributed by atoms with Crippen LogP contribution < -0.4 is 5.32 Å². The molecule has 2 heteroatoms. The highest BCUT2D eigenvalue weighted by Crippen LogP contribution is 2.25. The van der Waals surface area contributed by atoms with E-state index in [0.29, 0.717) is 23.5 Å². The van der Waals surface area contributed by atoms with Crippen molar-refractivity contribution < 1.29 is 4.79 Å². The minimum absolute atomic E-state index is 0.305. The van der Waals surface area contributed by atoms with Gasteiger partial charge >= 0.3 is 0 Å². The number of hydrogen-bond donors (Lipinski definition) is 1. The Morgan fingerprint density at radius 3 is 2.56 bits per heavy atom. The fraction of sp³-hybridized carbons (Fsp3) is 0.929. The van der Waals surface area contributed by atoms with Crippen molar-refractivity contribution in [1.82, 2.24) is 5.32 Å². The molecular weight excluding hydrogens is 198 g/mol. The maximum atomic E-state index is 12.0. The lowest BCUT2D eigenvalue weighted by Crippen LogP contribution is -2.34. The first kappa shape index (κ1) is 13.7. The molecule has 94 valence electrons. The first-order valence-corrected chi connectivity index (χ1v) is 6.92. The molecule has 0 aliphatic carbocycles. The van der Waals surface area contributed by atoms with Gasteiger partial charge in [-0.3, -0.25) is 4.79 Å². The van der Waals surface area contributed by atoms with E-state index < -0.39 is 0 Å². The summed E-state index contributed by atoms with van der Waals surface area (Å²) in [6.07, 6.45) is 5.37. The number of carbonyl (C=O) groups is 1. The van der Waals surface area contributed by atoms with Gasteiger partial charge in [-0.15, -0.1) is 0 Å². The third-order valence-corrected chi connectivity index (χ3v) is 4.10. The summed E-state index contributed by atoms with van der Waals surface area (Å²) in [6, 6.07) is 0. The Morgan fingerprint density at radius 2 is 2.06 bits per heavy atom. The van der Waals surface area contributed by atoms with Crippen LogP contribution in [0.5, 0.6) is 0 Å². The van der Waals surface area contributed by atoms with Gasteiger partial charge in [-0.25, -0.2) is 0 Å². The molecule has 1 heterocycles. The van der Waals surface area contributed by atoms with Gasteiger partial charge in [-0.1, -0.05) is 20.8 Å². The zero-order chi connectivity index (χ0) is 12.0. The molecule has 0 amide bonds. The Bertz CT molecular complexity index is 205. The van der Waals surface area contributed by atoms with Crippen LogP contribution in [0.2, 0.25) is 0 Å². The van der Waals surface area contributed by atoms with E-state index in [4.69, 9.17) is 0 Å². The summed E-state index contributed by atoms with van der Waals surface area (Å²) < 4.78 is 0. The van der Waals surface area contributed by atoms with Gasteiger partial charge in [0.25, 0.3) is 0 Å². The van der Waals surface area contributed by atoms with E-state index >= 15 is 0 Å². The van der Waals surface area contributed by atoms with Crippen molar-refractivity contribution >= 4 is 5.78 Å². The third-order valence-electron chi connectivity index (χ3n) is 4.10. The standard InChI is InChI=1S/C14H27NO/c1-4-12(5-2)14(16)9-11(3)13-7-6-8-15-10-13/h11-13,15H,4-10H2,1-3H3. The number of ketones is 1. The van der Waals surface area contributed by atoms with Crippen molar-refractivity contribution in [2.75, 3.05) is 13.1 Å². The quantitative estimate of drug-likeness (QED) is 0.753. The van der Waals surface area contributed by atoms with Crippen LogP contribution in [-0.4, -0.2) is 18.9 Å². The lowest BCUT2D eigenvalue weighted by molar-refractivity contribution is -0.124. The summed E-state index contributed by atoms with van der Waals surface area (Å²) in [6.45, 7) is 8.76. The van der Waals surface area contributed by atoms with Crippen LogP contribution in [0, 0.1) is 17.8 Å². The fourth-order valence-corrected chi connectivity index (χ4v) is 2.76. The lowest BCUT2D eigenvalue weighted by atomic mass is 9.81. The number of piperidine rings is 1. The molecule has 1 aliphatic rings. The smallest absolute Gasteiger partial charge is 0.136 e. The molecular formula is C14H27NO. The highest BCUT2D eigenvalue weighted by molar-refractivity contribution is 5.81. The second-order valence-corrected chi connectivity index (χ2v) is 5.27. The molecule has 0 aromatic rings. The first-order chi connectivity index (χ1) is 7.69. The summed E-state index contributed by atoms with van der Waals surface area (Å²) in [4.78, 5) is 12.0. The molecule has 0 aromatic carbocycles. The molecule has 0 saturated carbocycles. The first-order valence-electron chi connectivity index (χ1n) is 6.92. The van der Waals surface area contributed by atoms with E-state index in [9.17, 15) is 4.79 Å². The van der Waals surface area contributed by atoms with E-state index in [2.05, 4.69) is 26.1 Å². The Morgan fingerprint density at radius 1 is 1.38 bits per heavy atom. The summed E-state index contributed by atoms with van der Waals surface area (Å²) in [5, 5.41) is 3.43. The summed E-state index contributed by atoms with van der Waals surface area (Å²) in [7, 11) is 0. The van der Waals surface area contributed by atoms with Gasteiger partial charge in [-0.2, -0.15) is 0 Å². The SMILES string of the molecule is CCC(CC)C(=O)CC(C)C1CCCNC1. The Hall–Kier alpha value is -0.370. The van der Waals surface area contributed by atoms with Gasteiger partial charge in [0.1, 0.15) is 5.78 Å². The van der Waals surface area contributed by atoms with E-state index in [-0.39, 0.29) is 0 Å². The van der Waals surface area contributed by atoms with Crippen molar-refractivity contribution in [3.05, 3.63) is 0 Å². The maximum Gasteiger partial charge on any atom is 0.136 e. The molecule has 1 fully saturated rings. The Balaban J connectivity index is 2.36. The number of hydrogen-bond acceptors (Lipinski definition) is 2.